The maximum atomic E-state index is 13.0. The number of likely N-dealkylation sites (N-methyl/N-ethyl adjacent to an activating group) is 1. The van der Waals surface area contributed by atoms with Crippen LogP contribution in [0.3, 0.4) is 0 Å². The molecule has 3 aromatic rings. The molecule has 170 valence electrons. The summed E-state index contributed by atoms with van der Waals surface area (Å²) in [5.41, 5.74) is 1.52. The van der Waals surface area contributed by atoms with E-state index in [0.29, 0.717) is 17.1 Å². The first-order valence-corrected chi connectivity index (χ1v) is 11.1. The van der Waals surface area contributed by atoms with Gasteiger partial charge >= 0.3 is 0 Å². The number of furan rings is 1. The molecule has 33 heavy (non-hydrogen) atoms. The zero-order valence-corrected chi connectivity index (χ0v) is 18.7. The van der Waals surface area contributed by atoms with Gasteiger partial charge in [-0.15, -0.1) is 0 Å². The summed E-state index contributed by atoms with van der Waals surface area (Å²) in [5.74, 6) is 0.977. The van der Waals surface area contributed by atoms with Gasteiger partial charge in [0.15, 0.2) is 5.76 Å². The van der Waals surface area contributed by atoms with Crippen LogP contribution in [0.15, 0.2) is 71.1 Å². The predicted molar refractivity (Wildman–Crippen MR) is 125 cm³/mol. The zero-order chi connectivity index (χ0) is 23.0. The molecule has 1 aliphatic heterocycles. The molecular formula is C26H28N4O3. The predicted octanol–water partition coefficient (Wildman–Crippen LogP) is 3.45. The lowest BCUT2D eigenvalue weighted by atomic mass is 10.1. The van der Waals surface area contributed by atoms with Gasteiger partial charge in [-0.25, -0.2) is 0 Å². The van der Waals surface area contributed by atoms with Crippen molar-refractivity contribution in [3.05, 3.63) is 89.4 Å². The number of amides is 1. The van der Waals surface area contributed by atoms with Gasteiger partial charge in [-0.1, -0.05) is 42.5 Å². The summed E-state index contributed by atoms with van der Waals surface area (Å²) in [6.45, 7) is 4.86. The summed E-state index contributed by atoms with van der Waals surface area (Å²) >= 11 is 0. The summed E-state index contributed by atoms with van der Waals surface area (Å²) in [5, 5.41) is 12.3. The van der Waals surface area contributed by atoms with Crippen molar-refractivity contribution in [2.75, 3.05) is 39.8 Å². The second-order valence-electron chi connectivity index (χ2n) is 8.20. The van der Waals surface area contributed by atoms with Crippen LogP contribution in [0.1, 0.15) is 33.5 Å². The number of para-hydroxylation sites is 1. The summed E-state index contributed by atoms with van der Waals surface area (Å²) < 4.78 is 11.4. The number of hydrogen-bond donors (Lipinski definition) is 1. The number of rotatable bonds is 8. The third-order valence-electron chi connectivity index (χ3n) is 5.81. The molecule has 7 nitrogen and oxygen atoms in total. The Bertz CT molecular complexity index is 1100. The molecule has 0 saturated carbocycles. The van der Waals surface area contributed by atoms with E-state index < -0.39 is 0 Å². The summed E-state index contributed by atoms with van der Waals surface area (Å²) in [4.78, 5) is 17.7. The lowest BCUT2D eigenvalue weighted by Gasteiger charge is -2.34. The molecule has 7 heteroatoms. The molecule has 1 saturated heterocycles. The monoisotopic (exact) mass is 444 g/mol. The van der Waals surface area contributed by atoms with Gasteiger partial charge in [0.05, 0.1) is 11.6 Å². The second-order valence-corrected chi connectivity index (χ2v) is 8.20. The largest absolute Gasteiger partial charge is 0.484 e. The van der Waals surface area contributed by atoms with Crippen molar-refractivity contribution in [1.29, 1.82) is 5.26 Å². The van der Waals surface area contributed by atoms with Crippen LogP contribution in [0, 0.1) is 11.3 Å². The molecule has 4 rings (SSSR count). The van der Waals surface area contributed by atoms with E-state index in [-0.39, 0.29) is 24.3 Å². The van der Waals surface area contributed by atoms with Gasteiger partial charge in [0.1, 0.15) is 24.2 Å². The molecule has 0 spiro atoms. The normalized spacial score (nSPS) is 15.5. The molecule has 1 unspecified atom stereocenters. The second kappa shape index (κ2) is 10.8. The minimum absolute atomic E-state index is 0.134. The van der Waals surface area contributed by atoms with Gasteiger partial charge in [0.2, 0.25) is 0 Å². The standard InChI is InChI=1S/C26H28N4O3/c1-29-13-15-30(16-14-29)18-23(20-7-3-2-4-8-20)28-26(31)25-12-11-22(33-25)19-32-24-10-6-5-9-21(24)17-27/h2-12,23H,13-16,18-19H2,1H3,(H,28,31). The van der Waals surface area contributed by atoms with Gasteiger partial charge in [0.25, 0.3) is 5.91 Å². The Hall–Kier alpha value is -3.60. The number of carbonyl (C=O) groups is 1. The smallest absolute Gasteiger partial charge is 0.287 e. The maximum absolute atomic E-state index is 13.0. The molecule has 1 amide bonds. The van der Waals surface area contributed by atoms with E-state index >= 15 is 0 Å². The van der Waals surface area contributed by atoms with Crippen molar-refractivity contribution in [1.82, 2.24) is 15.1 Å². The third-order valence-corrected chi connectivity index (χ3v) is 5.81. The van der Waals surface area contributed by atoms with Crippen LogP contribution in [0.5, 0.6) is 5.75 Å². The summed E-state index contributed by atoms with van der Waals surface area (Å²) in [6, 6.07) is 22.4. The number of benzene rings is 2. The van der Waals surface area contributed by atoms with Gasteiger partial charge in [-0.2, -0.15) is 5.26 Å². The van der Waals surface area contributed by atoms with Crippen LogP contribution in [0.25, 0.3) is 0 Å². The van der Waals surface area contributed by atoms with Gasteiger partial charge in [0, 0.05) is 32.7 Å². The Morgan fingerprint density at radius 2 is 1.79 bits per heavy atom. The molecule has 1 aliphatic rings. The van der Waals surface area contributed by atoms with E-state index in [1.54, 1.807) is 36.4 Å². The average Bonchev–Trinajstić information content (AvgIpc) is 3.33. The summed E-state index contributed by atoms with van der Waals surface area (Å²) in [7, 11) is 2.13. The highest BCUT2D eigenvalue weighted by Crippen LogP contribution is 2.20. The fourth-order valence-electron chi connectivity index (χ4n) is 3.85. The molecule has 0 bridgehead atoms. The Kier molecular flexibility index (Phi) is 7.40. The lowest BCUT2D eigenvalue weighted by molar-refractivity contribution is 0.0876. The Morgan fingerprint density at radius 3 is 2.55 bits per heavy atom. The number of nitrogens with zero attached hydrogens (tertiary/aromatic N) is 3. The molecule has 2 heterocycles. The van der Waals surface area contributed by atoms with Crippen LogP contribution >= 0.6 is 0 Å². The van der Waals surface area contributed by atoms with E-state index in [1.807, 2.05) is 30.3 Å². The van der Waals surface area contributed by atoms with E-state index in [0.717, 1.165) is 38.3 Å². The first kappa shape index (κ1) is 22.6. The highest BCUT2D eigenvalue weighted by Gasteiger charge is 2.23. The Morgan fingerprint density at radius 1 is 1.06 bits per heavy atom. The average molecular weight is 445 g/mol. The van der Waals surface area contributed by atoms with Crippen LogP contribution in [0.4, 0.5) is 0 Å². The molecular weight excluding hydrogens is 416 g/mol. The number of nitrogens with one attached hydrogen (secondary N) is 1. The number of carbonyl (C=O) groups excluding carboxylic acids is 1. The number of nitriles is 1. The highest BCUT2D eigenvalue weighted by atomic mass is 16.5. The third kappa shape index (κ3) is 6.01. The molecule has 1 N–H and O–H groups in total. The minimum atomic E-state index is -0.262. The molecule has 2 aromatic carbocycles. The zero-order valence-electron chi connectivity index (χ0n) is 18.7. The van der Waals surface area contributed by atoms with Crippen LogP contribution in [0.2, 0.25) is 0 Å². The van der Waals surface area contributed by atoms with Gasteiger partial charge in [-0.3, -0.25) is 9.69 Å². The van der Waals surface area contributed by atoms with Crippen molar-refractivity contribution >= 4 is 5.91 Å². The number of hydrogen-bond acceptors (Lipinski definition) is 6. The lowest BCUT2D eigenvalue weighted by Crippen LogP contribution is -2.47. The van der Waals surface area contributed by atoms with Crippen LogP contribution in [-0.4, -0.2) is 55.5 Å². The van der Waals surface area contributed by atoms with E-state index in [1.165, 1.54) is 0 Å². The summed E-state index contributed by atoms with van der Waals surface area (Å²) in [6.07, 6.45) is 0. The fourth-order valence-corrected chi connectivity index (χ4v) is 3.85. The van der Waals surface area contributed by atoms with Crippen molar-refractivity contribution in [3.63, 3.8) is 0 Å². The van der Waals surface area contributed by atoms with Crippen LogP contribution in [-0.2, 0) is 6.61 Å². The van der Waals surface area contributed by atoms with Crippen molar-refractivity contribution in [2.24, 2.45) is 0 Å². The molecule has 0 radical (unpaired) electrons. The topological polar surface area (TPSA) is 81.7 Å². The van der Waals surface area contributed by atoms with E-state index in [2.05, 4.69) is 28.2 Å². The molecule has 1 atom stereocenters. The highest BCUT2D eigenvalue weighted by molar-refractivity contribution is 5.91. The van der Waals surface area contributed by atoms with Crippen LogP contribution < -0.4 is 10.1 Å². The van der Waals surface area contributed by atoms with Crippen molar-refractivity contribution in [3.8, 4) is 11.8 Å². The van der Waals surface area contributed by atoms with Gasteiger partial charge < -0.3 is 19.4 Å². The molecule has 1 aromatic heterocycles. The maximum Gasteiger partial charge on any atom is 0.287 e. The Labute approximate surface area is 194 Å². The van der Waals surface area contributed by atoms with E-state index in [9.17, 15) is 10.1 Å². The first-order chi connectivity index (χ1) is 16.1. The quantitative estimate of drug-likeness (QED) is 0.573. The number of piperazine rings is 1. The molecule has 0 aliphatic carbocycles. The number of ether oxygens (including phenoxy) is 1. The van der Waals surface area contributed by atoms with E-state index in [4.69, 9.17) is 9.15 Å². The SMILES string of the molecule is CN1CCN(CC(NC(=O)c2ccc(COc3ccccc3C#N)o2)c2ccccc2)CC1. The minimum Gasteiger partial charge on any atom is -0.484 e. The van der Waals surface area contributed by atoms with Gasteiger partial charge in [-0.05, 0) is 36.9 Å². The fraction of sp³-hybridized carbons (Fsp3) is 0.308. The van der Waals surface area contributed by atoms with Crippen molar-refractivity contribution in [2.45, 2.75) is 12.6 Å². The molecule has 1 fully saturated rings. The Balaban J connectivity index is 1.40. The van der Waals surface area contributed by atoms with Crippen molar-refractivity contribution < 1.29 is 13.9 Å². The first-order valence-electron chi connectivity index (χ1n) is 11.1.